The number of halogens is 1. The van der Waals surface area contributed by atoms with Crippen molar-refractivity contribution in [3.05, 3.63) is 87.5 Å². The Hall–Kier alpha value is -4.41. The molecule has 2 aliphatic rings. The maximum atomic E-state index is 14.2. The van der Waals surface area contributed by atoms with Crippen molar-refractivity contribution >= 4 is 29.4 Å². The van der Waals surface area contributed by atoms with E-state index in [-0.39, 0.29) is 17.1 Å². The summed E-state index contributed by atoms with van der Waals surface area (Å²) in [5.41, 5.74) is 1.58. The first kappa shape index (κ1) is 22.4. The maximum Gasteiger partial charge on any atom is 0.282 e. The van der Waals surface area contributed by atoms with Crippen LogP contribution in [0.15, 0.2) is 59.9 Å². The van der Waals surface area contributed by atoms with E-state index >= 15 is 0 Å². The molecule has 2 aromatic carbocycles. The maximum absolute atomic E-state index is 14.2. The van der Waals surface area contributed by atoms with E-state index in [1.165, 1.54) is 18.3 Å². The fraction of sp³-hybridized carbons (Fsp3) is 0.250. The van der Waals surface area contributed by atoms with Gasteiger partial charge in [0.05, 0.1) is 16.2 Å². The number of hydrogen-bond acceptors (Lipinski definition) is 8. The van der Waals surface area contributed by atoms with Gasteiger partial charge in [-0.3, -0.25) is 19.9 Å². The third-order valence-electron chi connectivity index (χ3n) is 6.11. The highest BCUT2D eigenvalue weighted by Crippen LogP contribution is 2.28. The van der Waals surface area contributed by atoms with Gasteiger partial charge in [0.15, 0.2) is 0 Å². The average Bonchev–Trinajstić information content (AvgIpc) is 2.89. The topological polar surface area (TPSA) is 108 Å². The van der Waals surface area contributed by atoms with Gasteiger partial charge in [0.1, 0.15) is 18.0 Å². The Kier molecular flexibility index (Phi) is 6.04. The Morgan fingerprint density at radius 1 is 1.06 bits per heavy atom. The third kappa shape index (κ3) is 4.52. The molecule has 1 fully saturated rings. The van der Waals surface area contributed by atoms with Crippen LogP contribution < -0.4 is 9.80 Å². The van der Waals surface area contributed by atoms with Crippen LogP contribution in [-0.2, 0) is 6.54 Å². The van der Waals surface area contributed by atoms with Crippen LogP contribution in [0.1, 0.15) is 21.5 Å². The zero-order chi connectivity index (χ0) is 24.4. The molecule has 0 N–H and O–H groups in total. The van der Waals surface area contributed by atoms with Crippen molar-refractivity contribution in [3.8, 4) is 0 Å². The third-order valence-corrected chi connectivity index (χ3v) is 6.11. The van der Waals surface area contributed by atoms with E-state index in [0.717, 1.165) is 0 Å². The molecule has 1 aromatic heterocycles. The second-order valence-corrected chi connectivity index (χ2v) is 8.26. The normalized spacial score (nSPS) is 15.2. The molecular formula is C24H22FN7O3. The Labute approximate surface area is 200 Å². The molecule has 178 valence electrons. The Bertz CT molecular complexity index is 1290. The highest BCUT2D eigenvalue weighted by molar-refractivity contribution is 5.98. The Morgan fingerprint density at radius 3 is 2.57 bits per heavy atom. The first-order valence-corrected chi connectivity index (χ1v) is 11.1. The lowest BCUT2D eigenvalue weighted by Gasteiger charge is -2.34. The second kappa shape index (κ2) is 9.45. The van der Waals surface area contributed by atoms with Gasteiger partial charge in [-0.05, 0) is 29.8 Å². The van der Waals surface area contributed by atoms with Gasteiger partial charge in [-0.1, -0.05) is 12.1 Å². The molecule has 3 aromatic rings. The zero-order valence-corrected chi connectivity index (χ0v) is 18.7. The first-order valence-electron chi connectivity index (χ1n) is 11.1. The standard InChI is InChI=1S/C24H22FN7O3/c25-20-3-1-4-21-19(20)14-26-16-31(21)15-17-5-6-22(32(34)35)18(13-17)23(33)29-9-11-30(12-10-29)24-27-7-2-8-28-24/h1-8,13-14H,9-12,15-16H2. The van der Waals surface area contributed by atoms with Crippen molar-refractivity contribution in [1.29, 1.82) is 0 Å². The summed E-state index contributed by atoms with van der Waals surface area (Å²) in [5, 5.41) is 11.7. The van der Waals surface area contributed by atoms with Crippen molar-refractivity contribution in [1.82, 2.24) is 14.9 Å². The highest BCUT2D eigenvalue weighted by atomic mass is 19.1. The molecule has 11 heteroatoms. The summed E-state index contributed by atoms with van der Waals surface area (Å²) in [4.78, 5) is 42.7. The predicted octanol–water partition coefficient (Wildman–Crippen LogP) is 2.88. The zero-order valence-electron chi connectivity index (χ0n) is 18.7. The van der Waals surface area contributed by atoms with Gasteiger partial charge in [-0.15, -0.1) is 0 Å². The van der Waals surface area contributed by atoms with E-state index in [9.17, 15) is 19.3 Å². The molecule has 0 radical (unpaired) electrons. The molecule has 1 saturated heterocycles. The Balaban J connectivity index is 1.36. The molecule has 0 atom stereocenters. The predicted molar refractivity (Wildman–Crippen MR) is 128 cm³/mol. The van der Waals surface area contributed by atoms with E-state index in [1.807, 2.05) is 9.80 Å². The van der Waals surface area contributed by atoms with Crippen LogP contribution in [0.5, 0.6) is 0 Å². The molecule has 0 aliphatic carbocycles. The van der Waals surface area contributed by atoms with Crippen LogP contribution >= 0.6 is 0 Å². The lowest BCUT2D eigenvalue weighted by Crippen LogP contribution is -2.49. The molecule has 3 heterocycles. The molecule has 1 amide bonds. The van der Waals surface area contributed by atoms with Crippen LogP contribution in [0.3, 0.4) is 0 Å². The molecule has 35 heavy (non-hydrogen) atoms. The molecule has 2 aliphatic heterocycles. The molecule has 0 bridgehead atoms. The van der Waals surface area contributed by atoms with E-state index in [4.69, 9.17) is 0 Å². The van der Waals surface area contributed by atoms with Gasteiger partial charge in [0.25, 0.3) is 11.6 Å². The SMILES string of the molecule is O=C(c1cc(CN2CN=Cc3c(F)cccc32)ccc1[N+](=O)[O-])N1CCN(c2ncccn2)CC1. The van der Waals surface area contributed by atoms with Gasteiger partial charge >= 0.3 is 0 Å². The number of anilines is 2. The quantitative estimate of drug-likeness (QED) is 0.412. The molecule has 0 spiro atoms. The number of benzene rings is 2. The van der Waals surface area contributed by atoms with Crippen molar-refractivity contribution in [2.24, 2.45) is 4.99 Å². The number of fused-ring (bicyclic) bond motifs is 1. The lowest BCUT2D eigenvalue weighted by molar-refractivity contribution is -0.385. The number of piperazine rings is 1. The van der Waals surface area contributed by atoms with E-state index < -0.39 is 10.8 Å². The van der Waals surface area contributed by atoms with Crippen molar-refractivity contribution in [3.63, 3.8) is 0 Å². The van der Waals surface area contributed by atoms with Crippen LogP contribution in [0.25, 0.3) is 0 Å². The summed E-state index contributed by atoms with van der Waals surface area (Å²) in [7, 11) is 0. The average molecular weight is 475 g/mol. The summed E-state index contributed by atoms with van der Waals surface area (Å²) < 4.78 is 14.2. The largest absolute Gasteiger partial charge is 0.347 e. The fourth-order valence-corrected chi connectivity index (χ4v) is 4.34. The number of aliphatic imine (C=N–C) groups is 1. The number of nitro benzene ring substituents is 1. The lowest BCUT2D eigenvalue weighted by atomic mass is 10.0. The minimum Gasteiger partial charge on any atom is -0.347 e. The van der Waals surface area contributed by atoms with E-state index in [0.29, 0.717) is 62.2 Å². The van der Waals surface area contributed by atoms with Crippen molar-refractivity contribution in [2.75, 3.05) is 42.6 Å². The number of amides is 1. The molecule has 5 rings (SSSR count). The highest BCUT2D eigenvalue weighted by Gasteiger charge is 2.29. The number of rotatable bonds is 5. The summed E-state index contributed by atoms with van der Waals surface area (Å²) >= 11 is 0. The second-order valence-electron chi connectivity index (χ2n) is 8.26. The minimum atomic E-state index is -0.541. The van der Waals surface area contributed by atoms with Gasteiger partial charge in [-0.25, -0.2) is 14.4 Å². The number of aromatic nitrogens is 2. The smallest absolute Gasteiger partial charge is 0.282 e. The summed E-state index contributed by atoms with van der Waals surface area (Å²) in [6.45, 7) is 2.48. The Morgan fingerprint density at radius 2 is 1.83 bits per heavy atom. The molecule has 0 saturated carbocycles. The monoisotopic (exact) mass is 475 g/mol. The van der Waals surface area contributed by atoms with Crippen LogP contribution in [0, 0.1) is 15.9 Å². The van der Waals surface area contributed by atoms with Crippen LogP contribution in [-0.4, -0.2) is 64.8 Å². The van der Waals surface area contributed by atoms with E-state index in [2.05, 4.69) is 15.0 Å². The van der Waals surface area contributed by atoms with Gasteiger partial charge in [-0.2, -0.15) is 0 Å². The fourth-order valence-electron chi connectivity index (χ4n) is 4.34. The first-order chi connectivity index (χ1) is 17.0. The molecule has 10 nitrogen and oxygen atoms in total. The molecule has 0 unspecified atom stereocenters. The van der Waals surface area contributed by atoms with Crippen molar-refractivity contribution in [2.45, 2.75) is 6.54 Å². The number of nitrogens with zero attached hydrogens (tertiary/aromatic N) is 7. The number of carbonyl (C=O) groups excluding carboxylic acids is 1. The summed E-state index contributed by atoms with van der Waals surface area (Å²) in [5.74, 6) is -0.167. The summed E-state index contributed by atoms with van der Waals surface area (Å²) in [6, 6.07) is 11.1. The van der Waals surface area contributed by atoms with Gasteiger partial charge < -0.3 is 14.7 Å². The van der Waals surface area contributed by atoms with Gasteiger partial charge in [0.2, 0.25) is 5.95 Å². The van der Waals surface area contributed by atoms with Crippen molar-refractivity contribution < 1.29 is 14.1 Å². The minimum absolute atomic E-state index is 0.0388. The number of hydrogen-bond donors (Lipinski definition) is 0. The van der Waals surface area contributed by atoms with Crippen LogP contribution in [0.2, 0.25) is 0 Å². The van der Waals surface area contributed by atoms with Crippen LogP contribution in [0.4, 0.5) is 21.7 Å². The summed E-state index contributed by atoms with van der Waals surface area (Å²) in [6.07, 6.45) is 4.83. The van der Waals surface area contributed by atoms with E-state index in [1.54, 1.807) is 47.6 Å². The number of nitro groups is 1. The molecular weight excluding hydrogens is 453 g/mol. The van der Waals surface area contributed by atoms with Gasteiger partial charge in [0, 0.05) is 57.4 Å². The number of carbonyl (C=O) groups is 1.